The molecule has 2 fully saturated rings. The van der Waals surface area contributed by atoms with E-state index in [1.54, 1.807) is 13.3 Å². The molecule has 6 aromatic carbocycles. The Hall–Kier alpha value is -5.97. The van der Waals surface area contributed by atoms with Gasteiger partial charge in [-0.25, -0.2) is 0 Å². The Kier molecular flexibility index (Phi) is 19.8. The molecule has 73 heavy (non-hydrogen) atoms. The van der Waals surface area contributed by atoms with Crippen molar-refractivity contribution < 1.29 is 52.1 Å². The fourth-order valence-corrected chi connectivity index (χ4v) is 9.04. The Morgan fingerprint density at radius 2 is 0.685 bits per heavy atom. The molecule has 380 valence electrons. The first-order valence-electron chi connectivity index (χ1n) is 25.0. The molecule has 2 aliphatic rings. The van der Waals surface area contributed by atoms with Gasteiger partial charge < -0.3 is 52.1 Å². The molecule has 7 aromatic rings. The van der Waals surface area contributed by atoms with Crippen LogP contribution in [0.1, 0.15) is 39.1 Å². The fraction of sp³-hybridized carbons (Fsp3) is 0.328. The lowest BCUT2D eigenvalue weighted by Gasteiger charge is -2.50. The zero-order valence-corrected chi connectivity index (χ0v) is 41.2. The van der Waals surface area contributed by atoms with Gasteiger partial charge in [-0.05, 0) is 45.5 Å². The van der Waals surface area contributed by atoms with E-state index in [2.05, 4.69) is 4.98 Å². The number of rotatable bonds is 26. The molecule has 9 rings (SSSR count). The molecule has 1 aromatic heterocycles. The normalized spacial score (nSPS) is 24.0. The highest BCUT2D eigenvalue weighted by Gasteiger charge is 2.54. The maximum absolute atomic E-state index is 7.49. The number of aromatic nitrogens is 1. The summed E-state index contributed by atoms with van der Waals surface area (Å²) in [5.74, 6) is 0. The van der Waals surface area contributed by atoms with Gasteiger partial charge in [0.1, 0.15) is 48.8 Å². The van der Waals surface area contributed by atoms with Gasteiger partial charge in [-0.1, -0.05) is 188 Å². The molecule has 0 N–H and O–H groups in total. The third kappa shape index (κ3) is 15.3. The number of ether oxygens (including phenoxy) is 11. The Morgan fingerprint density at radius 3 is 1.11 bits per heavy atom. The second-order valence-corrected chi connectivity index (χ2v) is 18.1. The minimum Gasteiger partial charge on any atom is -0.374 e. The van der Waals surface area contributed by atoms with Gasteiger partial charge in [0.2, 0.25) is 0 Å². The predicted molar refractivity (Wildman–Crippen MR) is 274 cm³/mol. The maximum Gasteiger partial charge on any atom is 0.187 e. The molecule has 10 atom stereocenters. The molecule has 2 saturated heterocycles. The lowest BCUT2D eigenvalue weighted by Crippen LogP contribution is -2.66. The summed E-state index contributed by atoms with van der Waals surface area (Å²) in [6.45, 7) is 2.08. The lowest BCUT2D eigenvalue weighted by molar-refractivity contribution is -0.376. The highest BCUT2D eigenvalue weighted by molar-refractivity contribution is 5.18. The van der Waals surface area contributed by atoms with E-state index in [1.165, 1.54) is 0 Å². The number of methoxy groups -OCH3 is 1. The summed E-state index contributed by atoms with van der Waals surface area (Å²) in [6, 6.07) is 65.9. The van der Waals surface area contributed by atoms with Crippen molar-refractivity contribution in [2.75, 3.05) is 20.3 Å². The summed E-state index contributed by atoms with van der Waals surface area (Å²) >= 11 is 0. The van der Waals surface area contributed by atoms with E-state index in [4.69, 9.17) is 52.1 Å². The van der Waals surface area contributed by atoms with Gasteiger partial charge >= 0.3 is 0 Å². The van der Waals surface area contributed by atoms with Crippen LogP contribution in [-0.4, -0.2) is 86.7 Å². The average Bonchev–Trinajstić information content (AvgIpc) is 3.45. The quantitative estimate of drug-likeness (QED) is 0.0515. The molecule has 12 nitrogen and oxygen atoms in total. The first-order chi connectivity index (χ1) is 36.2. The third-order valence-corrected chi connectivity index (χ3v) is 12.8. The highest BCUT2D eigenvalue weighted by Crippen LogP contribution is 2.37. The summed E-state index contributed by atoms with van der Waals surface area (Å²) < 4.78 is 75.7. The van der Waals surface area contributed by atoms with Crippen LogP contribution in [0.3, 0.4) is 0 Å². The van der Waals surface area contributed by atoms with Crippen molar-refractivity contribution in [3.8, 4) is 0 Å². The minimum atomic E-state index is -1.12. The Bertz CT molecular complexity index is 2570. The van der Waals surface area contributed by atoms with Crippen LogP contribution >= 0.6 is 0 Å². The monoisotopic (exact) mass is 987 g/mol. The molecule has 0 unspecified atom stereocenters. The topological polar surface area (TPSA) is 114 Å². The second kappa shape index (κ2) is 27.9. The van der Waals surface area contributed by atoms with E-state index < -0.39 is 61.4 Å². The molecular formula is C61H65NO11. The Morgan fingerprint density at radius 1 is 0.342 bits per heavy atom. The standard InChI is InChI=1S/C61H65NO11/c1-63-60-58(69-41-50-32-18-7-19-33-50)57(68-40-49-30-16-6-17-31-49)55(53(71-60)44-65-37-46-24-10-3-11-25-46)73-61-59(70-42-51-34-20-21-35-62-51)56(67-39-48-28-14-5-15-29-48)54(66-38-47-26-12-4-13-27-47)52(72-61)43-64-36-45-22-8-2-9-23-45/h2-35,52-61H,36-44H2,1H3/t52-,53-,54-,55-,56+,57+,58-,59-,60+,61+/m1/s1. The molecule has 12 heteroatoms. The number of pyridine rings is 1. The molecule has 0 radical (unpaired) electrons. The van der Waals surface area contributed by atoms with Gasteiger partial charge in [0, 0.05) is 13.3 Å². The van der Waals surface area contributed by atoms with Gasteiger partial charge in [-0.15, -0.1) is 0 Å². The fourth-order valence-electron chi connectivity index (χ4n) is 9.04. The van der Waals surface area contributed by atoms with Crippen molar-refractivity contribution in [3.63, 3.8) is 0 Å². The molecule has 2 aliphatic heterocycles. The second-order valence-electron chi connectivity index (χ2n) is 18.1. The summed E-state index contributed by atoms with van der Waals surface area (Å²) in [5.41, 5.74) is 6.65. The minimum absolute atomic E-state index is 0.114. The van der Waals surface area contributed by atoms with Gasteiger partial charge in [-0.3, -0.25) is 4.98 Å². The van der Waals surface area contributed by atoms with E-state index in [0.717, 1.165) is 33.4 Å². The predicted octanol–water partition coefficient (Wildman–Crippen LogP) is 10.2. The van der Waals surface area contributed by atoms with Crippen molar-refractivity contribution in [1.82, 2.24) is 4.98 Å². The van der Waals surface area contributed by atoms with E-state index in [0.29, 0.717) is 18.9 Å². The van der Waals surface area contributed by atoms with Crippen molar-refractivity contribution in [3.05, 3.63) is 245 Å². The number of hydrogen-bond donors (Lipinski definition) is 0. The average molecular weight is 988 g/mol. The summed E-state index contributed by atoms with van der Waals surface area (Å²) in [6.07, 6.45) is -6.55. The van der Waals surface area contributed by atoms with Gasteiger partial charge in [0.25, 0.3) is 0 Å². The van der Waals surface area contributed by atoms with Crippen LogP contribution < -0.4 is 0 Å². The number of benzene rings is 6. The SMILES string of the molecule is CO[C@H]1O[C@H](COCc2ccccc2)[C@@H](O[C@@H]2O[C@H](COCc3ccccc3)[C@@H](OCc3ccccc3)[C@H](OCc3ccccc3)[C@H]2OCc2ccccn2)[C@H](OCc2ccccc2)[C@H]1OCc1ccccc1. The molecule has 0 saturated carbocycles. The van der Waals surface area contributed by atoms with Crippen LogP contribution in [0, 0.1) is 0 Å². The largest absolute Gasteiger partial charge is 0.374 e. The van der Waals surface area contributed by atoms with Crippen molar-refractivity contribution in [2.45, 2.75) is 108 Å². The Labute approximate surface area is 429 Å². The lowest BCUT2D eigenvalue weighted by atomic mass is 9.95. The van der Waals surface area contributed by atoms with Crippen LogP contribution in [0.25, 0.3) is 0 Å². The zero-order valence-electron chi connectivity index (χ0n) is 41.2. The van der Waals surface area contributed by atoms with Gasteiger partial charge in [0.15, 0.2) is 12.6 Å². The maximum atomic E-state index is 7.49. The van der Waals surface area contributed by atoms with Gasteiger partial charge in [0.05, 0.1) is 65.2 Å². The van der Waals surface area contributed by atoms with Crippen LogP contribution in [0.15, 0.2) is 206 Å². The van der Waals surface area contributed by atoms with E-state index >= 15 is 0 Å². The first-order valence-corrected chi connectivity index (χ1v) is 25.0. The van der Waals surface area contributed by atoms with Crippen LogP contribution in [0.5, 0.6) is 0 Å². The summed E-state index contributed by atoms with van der Waals surface area (Å²) in [5, 5.41) is 0. The van der Waals surface area contributed by atoms with Gasteiger partial charge in [-0.2, -0.15) is 0 Å². The van der Waals surface area contributed by atoms with E-state index in [1.807, 2.05) is 200 Å². The summed E-state index contributed by atoms with van der Waals surface area (Å²) in [7, 11) is 1.61. The molecule has 0 spiro atoms. The van der Waals surface area contributed by atoms with Crippen LogP contribution in [-0.2, 0) is 98.4 Å². The Balaban J connectivity index is 1.11. The molecule has 0 aliphatic carbocycles. The molecule has 3 heterocycles. The van der Waals surface area contributed by atoms with E-state index in [9.17, 15) is 0 Å². The zero-order chi connectivity index (χ0) is 49.7. The van der Waals surface area contributed by atoms with Crippen LogP contribution in [0.2, 0.25) is 0 Å². The van der Waals surface area contributed by atoms with E-state index in [-0.39, 0.29) is 46.2 Å². The highest BCUT2D eigenvalue weighted by atomic mass is 16.8. The molecule has 0 amide bonds. The number of nitrogens with zero attached hydrogens (tertiary/aromatic N) is 1. The molecule has 0 bridgehead atoms. The first kappa shape index (κ1) is 51.9. The van der Waals surface area contributed by atoms with Crippen LogP contribution in [0.4, 0.5) is 0 Å². The van der Waals surface area contributed by atoms with Crippen molar-refractivity contribution in [2.24, 2.45) is 0 Å². The number of hydrogen-bond acceptors (Lipinski definition) is 12. The smallest absolute Gasteiger partial charge is 0.187 e. The third-order valence-electron chi connectivity index (χ3n) is 12.8. The summed E-state index contributed by atoms with van der Waals surface area (Å²) in [4.78, 5) is 4.63. The van der Waals surface area contributed by atoms with Crippen molar-refractivity contribution >= 4 is 0 Å². The molecular weight excluding hydrogens is 923 g/mol. The van der Waals surface area contributed by atoms with Crippen molar-refractivity contribution in [1.29, 1.82) is 0 Å².